The van der Waals surface area contributed by atoms with Gasteiger partial charge in [-0.05, 0) is 11.8 Å². The average Bonchev–Trinajstić information content (AvgIpc) is 2.48. The Balaban J connectivity index is 2.10. The third-order valence-electron chi connectivity index (χ3n) is 2.14. The van der Waals surface area contributed by atoms with Crippen molar-refractivity contribution < 1.29 is 14.8 Å². The fourth-order valence-corrected chi connectivity index (χ4v) is 2.58. The molecule has 5 heteroatoms. The van der Waals surface area contributed by atoms with Crippen molar-refractivity contribution in [3.05, 3.63) is 11.1 Å². The lowest BCUT2D eigenvalue weighted by Gasteiger charge is -2.17. The number of hydrogen-bond donors (Lipinski definition) is 2. The summed E-state index contributed by atoms with van der Waals surface area (Å²) in [6.45, 7) is 1.88. The van der Waals surface area contributed by atoms with Crippen molar-refractivity contribution in [1.82, 2.24) is 0 Å². The van der Waals surface area contributed by atoms with Crippen molar-refractivity contribution in [3.8, 4) is 0 Å². The lowest BCUT2D eigenvalue weighted by Crippen LogP contribution is -3.11. The minimum Gasteiger partial charge on any atom is -0.481 e. The molecule has 1 unspecified atom stereocenters. The minimum atomic E-state index is -0.758. The fraction of sp³-hybridized carbons (Fsp3) is 0.500. The summed E-state index contributed by atoms with van der Waals surface area (Å²) in [4.78, 5) is 16.0. The summed E-state index contributed by atoms with van der Waals surface area (Å²) >= 11 is 1.56. The minimum absolute atomic E-state index is 0.140. The Hall–Kier alpha value is -0.810. The van der Waals surface area contributed by atoms with E-state index in [1.165, 1.54) is 4.90 Å². The number of thioether (sulfide) groups is 1. The Labute approximate surface area is 80.3 Å². The van der Waals surface area contributed by atoms with Crippen molar-refractivity contribution in [3.63, 3.8) is 0 Å². The van der Waals surface area contributed by atoms with Crippen LogP contribution in [0, 0.1) is 0 Å². The molecule has 2 aliphatic rings. The molecule has 1 atom stereocenters. The van der Waals surface area contributed by atoms with Gasteiger partial charge in [-0.15, -0.1) is 0 Å². The predicted octanol–water partition coefficient (Wildman–Crippen LogP) is -0.306. The third kappa shape index (κ3) is 1.76. The SMILES string of the molecule is O=C(O)CC1=CSC2=NCCC[NH+]12. The number of aliphatic carboxylic acids is 1. The number of carbonyl (C=O) groups is 1. The number of fused-ring (bicyclic) bond motifs is 1. The van der Waals surface area contributed by atoms with Crippen molar-refractivity contribution in [1.29, 1.82) is 0 Å². The Kier molecular flexibility index (Phi) is 2.37. The Bertz CT molecular complexity index is 299. The zero-order chi connectivity index (χ0) is 9.26. The molecule has 2 heterocycles. The Morgan fingerprint density at radius 2 is 2.62 bits per heavy atom. The quantitative estimate of drug-likeness (QED) is 0.641. The van der Waals surface area contributed by atoms with Gasteiger partial charge in [0.05, 0.1) is 13.1 Å². The molecular weight excluding hydrogens is 188 g/mol. The zero-order valence-corrected chi connectivity index (χ0v) is 7.93. The van der Waals surface area contributed by atoms with Crippen LogP contribution in [0.3, 0.4) is 0 Å². The number of quaternary nitrogens is 1. The molecule has 0 aromatic carbocycles. The highest BCUT2D eigenvalue weighted by molar-refractivity contribution is 8.16. The van der Waals surface area contributed by atoms with E-state index in [0.717, 1.165) is 30.4 Å². The van der Waals surface area contributed by atoms with Crippen LogP contribution < -0.4 is 4.90 Å². The van der Waals surface area contributed by atoms with Crippen LogP contribution in [-0.2, 0) is 4.79 Å². The Morgan fingerprint density at radius 3 is 3.38 bits per heavy atom. The molecule has 0 aliphatic carbocycles. The standard InChI is InChI=1S/C8H10N2O2S/c11-7(12)4-6-5-13-8-9-2-1-3-10(6)8/h5H,1-4H2,(H,11,12)/p+1. The first-order chi connectivity index (χ1) is 6.27. The molecule has 0 spiro atoms. The molecule has 4 nitrogen and oxygen atoms in total. The first-order valence-corrected chi connectivity index (χ1v) is 5.14. The number of carboxylic acids is 1. The molecule has 70 valence electrons. The van der Waals surface area contributed by atoms with Crippen molar-refractivity contribution in [2.24, 2.45) is 4.99 Å². The van der Waals surface area contributed by atoms with Crippen LogP contribution >= 0.6 is 11.8 Å². The van der Waals surface area contributed by atoms with Crippen molar-refractivity contribution in [2.75, 3.05) is 13.1 Å². The smallest absolute Gasteiger partial charge is 0.313 e. The van der Waals surface area contributed by atoms with Gasteiger partial charge in [-0.2, -0.15) is 0 Å². The maximum atomic E-state index is 10.5. The van der Waals surface area contributed by atoms with Crippen LogP contribution in [0.25, 0.3) is 0 Å². The number of amidine groups is 1. The molecule has 0 saturated heterocycles. The summed E-state index contributed by atoms with van der Waals surface area (Å²) in [6.07, 6.45) is 1.19. The normalized spacial score (nSPS) is 26.3. The second-order valence-electron chi connectivity index (χ2n) is 3.10. The number of nitrogens with zero attached hydrogens (tertiary/aromatic N) is 1. The van der Waals surface area contributed by atoms with Gasteiger partial charge >= 0.3 is 5.97 Å². The van der Waals surface area contributed by atoms with Crippen LogP contribution in [-0.4, -0.2) is 29.3 Å². The first kappa shape index (κ1) is 8.77. The topological polar surface area (TPSA) is 54.1 Å². The van der Waals surface area contributed by atoms with E-state index in [2.05, 4.69) is 4.99 Å². The largest absolute Gasteiger partial charge is 0.481 e. The van der Waals surface area contributed by atoms with Crippen LogP contribution in [0.5, 0.6) is 0 Å². The van der Waals surface area contributed by atoms with E-state index in [4.69, 9.17) is 5.11 Å². The predicted molar refractivity (Wildman–Crippen MR) is 50.7 cm³/mol. The molecular formula is C8H11N2O2S+. The maximum Gasteiger partial charge on any atom is 0.313 e. The lowest BCUT2D eigenvalue weighted by atomic mass is 10.2. The summed E-state index contributed by atoms with van der Waals surface area (Å²) < 4.78 is 0. The number of nitrogens with one attached hydrogen (secondary N) is 1. The van der Waals surface area contributed by atoms with Gasteiger partial charge < -0.3 is 5.11 Å². The van der Waals surface area contributed by atoms with E-state index in [1.807, 2.05) is 5.41 Å². The second kappa shape index (κ2) is 3.51. The molecule has 0 aromatic rings. The van der Waals surface area contributed by atoms with Gasteiger partial charge in [0.1, 0.15) is 12.1 Å². The average molecular weight is 199 g/mol. The number of hydrogen-bond acceptors (Lipinski definition) is 3. The van der Waals surface area contributed by atoms with Crippen molar-refractivity contribution in [2.45, 2.75) is 12.8 Å². The molecule has 2 rings (SSSR count). The molecule has 0 aromatic heterocycles. The van der Waals surface area contributed by atoms with Crippen LogP contribution in [0.1, 0.15) is 12.8 Å². The number of rotatable bonds is 2. The summed E-state index contributed by atoms with van der Waals surface area (Å²) in [5.41, 5.74) is 0.955. The molecule has 2 N–H and O–H groups in total. The maximum absolute atomic E-state index is 10.5. The molecule has 13 heavy (non-hydrogen) atoms. The highest BCUT2D eigenvalue weighted by Crippen LogP contribution is 2.15. The molecule has 0 saturated carbocycles. The van der Waals surface area contributed by atoms with E-state index < -0.39 is 5.97 Å². The van der Waals surface area contributed by atoms with E-state index in [1.54, 1.807) is 11.8 Å². The molecule has 0 amide bonds. The second-order valence-corrected chi connectivity index (χ2v) is 3.96. The molecule has 0 radical (unpaired) electrons. The van der Waals surface area contributed by atoms with Gasteiger partial charge in [-0.25, -0.2) is 4.99 Å². The summed E-state index contributed by atoms with van der Waals surface area (Å²) in [6, 6.07) is 0. The summed E-state index contributed by atoms with van der Waals surface area (Å²) in [7, 11) is 0. The fourth-order valence-electron chi connectivity index (χ4n) is 1.55. The van der Waals surface area contributed by atoms with E-state index in [0.29, 0.717) is 0 Å². The summed E-state index contributed by atoms with van der Waals surface area (Å²) in [5, 5.41) is 11.6. The van der Waals surface area contributed by atoms with Crippen LogP contribution in [0.2, 0.25) is 0 Å². The van der Waals surface area contributed by atoms with Gasteiger partial charge in [0.25, 0.3) is 5.17 Å². The van der Waals surface area contributed by atoms with Gasteiger partial charge in [-0.3, -0.25) is 9.69 Å². The molecule has 2 aliphatic heterocycles. The highest BCUT2D eigenvalue weighted by Gasteiger charge is 2.32. The number of aliphatic imine (C=N–C) groups is 1. The summed E-state index contributed by atoms with van der Waals surface area (Å²) in [5.74, 6) is -0.758. The van der Waals surface area contributed by atoms with Gasteiger partial charge in [0.2, 0.25) is 0 Å². The van der Waals surface area contributed by atoms with Gasteiger partial charge in [0, 0.05) is 11.8 Å². The molecule has 0 fully saturated rings. The van der Waals surface area contributed by atoms with E-state index in [-0.39, 0.29) is 6.42 Å². The van der Waals surface area contributed by atoms with Crippen molar-refractivity contribution >= 4 is 22.9 Å². The first-order valence-electron chi connectivity index (χ1n) is 4.26. The van der Waals surface area contributed by atoms with Crippen LogP contribution in [0.4, 0.5) is 0 Å². The van der Waals surface area contributed by atoms with Crippen LogP contribution in [0.15, 0.2) is 16.1 Å². The number of carboxylic acid groups (broad SMARTS) is 1. The van der Waals surface area contributed by atoms with Gasteiger partial charge in [0.15, 0.2) is 0 Å². The lowest BCUT2D eigenvalue weighted by molar-refractivity contribution is -0.760. The van der Waals surface area contributed by atoms with E-state index in [9.17, 15) is 4.79 Å². The van der Waals surface area contributed by atoms with Gasteiger partial charge in [-0.1, -0.05) is 0 Å². The monoisotopic (exact) mass is 199 g/mol. The molecule has 0 bridgehead atoms. The Morgan fingerprint density at radius 1 is 1.77 bits per heavy atom. The van der Waals surface area contributed by atoms with E-state index >= 15 is 0 Å². The zero-order valence-electron chi connectivity index (χ0n) is 7.12. The third-order valence-corrected chi connectivity index (χ3v) is 3.14. The highest BCUT2D eigenvalue weighted by atomic mass is 32.2.